The van der Waals surface area contributed by atoms with Crippen LogP contribution in [0.2, 0.25) is 0 Å². The number of hydrogen-bond acceptors (Lipinski definition) is 6. The molecule has 0 aromatic carbocycles. The van der Waals surface area contributed by atoms with E-state index in [0.29, 0.717) is 12.6 Å². The Morgan fingerprint density at radius 3 is 2.89 bits per heavy atom. The van der Waals surface area contributed by atoms with E-state index in [2.05, 4.69) is 44.4 Å². The third kappa shape index (κ3) is 2.96. The summed E-state index contributed by atoms with van der Waals surface area (Å²) in [4.78, 5) is 28.9. The molecule has 8 heteroatoms. The zero-order valence-corrected chi connectivity index (χ0v) is 10.6. The van der Waals surface area contributed by atoms with E-state index in [1.54, 1.807) is 0 Å². The van der Waals surface area contributed by atoms with Crippen molar-refractivity contribution in [1.82, 2.24) is 25.0 Å². The number of likely N-dealkylation sites (N-methyl/N-ethyl adjacent to an activating group) is 2. The highest BCUT2D eigenvalue weighted by Crippen LogP contribution is 2.05. The molecule has 0 aliphatic carbocycles. The number of piperazine rings is 1. The van der Waals surface area contributed by atoms with Crippen molar-refractivity contribution in [1.29, 1.82) is 0 Å². The molecule has 1 saturated heterocycles. The van der Waals surface area contributed by atoms with Crippen molar-refractivity contribution < 1.29 is 0 Å². The predicted octanol–water partition coefficient (Wildman–Crippen LogP) is -1.88. The van der Waals surface area contributed by atoms with Gasteiger partial charge in [0.2, 0.25) is 5.82 Å². The number of aromatic amines is 2. The van der Waals surface area contributed by atoms with Gasteiger partial charge in [-0.3, -0.25) is 14.7 Å². The van der Waals surface area contributed by atoms with Crippen molar-refractivity contribution in [3.63, 3.8) is 0 Å². The normalized spacial score (nSPS) is 22.0. The molecule has 1 unspecified atom stereocenters. The van der Waals surface area contributed by atoms with Gasteiger partial charge in [0.1, 0.15) is 0 Å². The minimum Gasteiger partial charge on any atom is -0.362 e. The van der Waals surface area contributed by atoms with Gasteiger partial charge >= 0.3 is 5.69 Å². The molecule has 18 heavy (non-hydrogen) atoms. The van der Waals surface area contributed by atoms with Crippen molar-refractivity contribution >= 4 is 5.82 Å². The number of nitrogens with one attached hydrogen (secondary N) is 3. The molecular weight excluding hydrogens is 236 g/mol. The second kappa shape index (κ2) is 5.32. The number of rotatable bonds is 3. The van der Waals surface area contributed by atoms with Crippen molar-refractivity contribution in [3.05, 3.63) is 20.8 Å². The molecule has 1 aliphatic heterocycles. The minimum atomic E-state index is -0.597. The number of H-pyrrole nitrogens is 2. The van der Waals surface area contributed by atoms with Gasteiger partial charge in [0.05, 0.1) is 0 Å². The molecule has 1 atom stereocenters. The Balaban J connectivity index is 1.98. The monoisotopic (exact) mass is 254 g/mol. The van der Waals surface area contributed by atoms with Gasteiger partial charge in [-0.2, -0.15) is 0 Å². The molecule has 8 nitrogen and oxygen atoms in total. The van der Waals surface area contributed by atoms with Crippen LogP contribution < -0.4 is 16.6 Å². The van der Waals surface area contributed by atoms with Crippen molar-refractivity contribution in [3.8, 4) is 0 Å². The van der Waals surface area contributed by atoms with E-state index in [1.165, 1.54) is 0 Å². The molecule has 3 N–H and O–H groups in total. The topological polar surface area (TPSA) is 97.1 Å². The zero-order chi connectivity index (χ0) is 13.1. The van der Waals surface area contributed by atoms with Crippen LogP contribution >= 0.6 is 0 Å². The van der Waals surface area contributed by atoms with Gasteiger partial charge in [-0.25, -0.2) is 9.89 Å². The summed E-state index contributed by atoms with van der Waals surface area (Å²) in [5, 5.41) is 8.85. The number of hydrogen-bond donors (Lipinski definition) is 3. The summed E-state index contributed by atoms with van der Waals surface area (Å²) in [5.41, 5.74) is -1.09. The summed E-state index contributed by atoms with van der Waals surface area (Å²) in [7, 11) is 4.13. The molecule has 1 aromatic heterocycles. The fourth-order valence-corrected chi connectivity index (χ4v) is 2.00. The molecule has 0 spiro atoms. The second-order valence-corrected chi connectivity index (χ2v) is 4.63. The average Bonchev–Trinajstić information content (AvgIpc) is 2.32. The first-order chi connectivity index (χ1) is 8.56. The summed E-state index contributed by atoms with van der Waals surface area (Å²) in [6.07, 6.45) is 0. The van der Waals surface area contributed by atoms with E-state index in [4.69, 9.17) is 0 Å². The van der Waals surface area contributed by atoms with Gasteiger partial charge in [-0.1, -0.05) is 0 Å². The van der Waals surface area contributed by atoms with Crippen molar-refractivity contribution in [2.24, 2.45) is 0 Å². The van der Waals surface area contributed by atoms with E-state index < -0.39 is 11.2 Å². The highest BCUT2D eigenvalue weighted by atomic mass is 16.2. The van der Waals surface area contributed by atoms with Crippen molar-refractivity contribution in [2.75, 3.05) is 45.6 Å². The van der Waals surface area contributed by atoms with Gasteiger partial charge in [0, 0.05) is 32.2 Å². The van der Waals surface area contributed by atoms with Crippen LogP contribution in [0.1, 0.15) is 0 Å². The molecule has 0 saturated carbocycles. The van der Waals surface area contributed by atoms with Crippen LogP contribution in [-0.4, -0.2) is 71.3 Å². The highest BCUT2D eigenvalue weighted by molar-refractivity contribution is 5.28. The smallest absolute Gasteiger partial charge is 0.342 e. The van der Waals surface area contributed by atoms with Crippen LogP contribution in [0, 0.1) is 0 Å². The summed E-state index contributed by atoms with van der Waals surface area (Å²) in [6.45, 7) is 3.59. The quantitative estimate of drug-likeness (QED) is 0.584. The van der Waals surface area contributed by atoms with E-state index in [0.717, 1.165) is 19.6 Å². The molecule has 1 fully saturated rings. The maximum atomic E-state index is 11.4. The zero-order valence-electron chi connectivity index (χ0n) is 10.6. The lowest BCUT2D eigenvalue weighted by molar-refractivity contribution is 0.122. The fourth-order valence-electron chi connectivity index (χ4n) is 2.00. The van der Waals surface area contributed by atoms with Crippen LogP contribution in [-0.2, 0) is 0 Å². The minimum absolute atomic E-state index is 0.149. The summed E-state index contributed by atoms with van der Waals surface area (Å²) in [5.74, 6) is 0.149. The molecule has 2 heterocycles. The Morgan fingerprint density at radius 2 is 2.17 bits per heavy atom. The largest absolute Gasteiger partial charge is 0.362 e. The summed E-state index contributed by atoms with van der Waals surface area (Å²) < 4.78 is 0. The predicted molar refractivity (Wildman–Crippen MR) is 67.9 cm³/mol. The van der Waals surface area contributed by atoms with Crippen LogP contribution in [0.25, 0.3) is 0 Å². The van der Waals surface area contributed by atoms with E-state index in [9.17, 15) is 9.59 Å². The van der Waals surface area contributed by atoms with Crippen molar-refractivity contribution in [2.45, 2.75) is 6.04 Å². The lowest BCUT2D eigenvalue weighted by Crippen LogP contribution is -2.52. The first kappa shape index (κ1) is 12.8. The molecule has 1 aliphatic rings. The first-order valence-electron chi connectivity index (χ1n) is 5.88. The molecule has 0 amide bonds. The third-order valence-electron chi connectivity index (χ3n) is 3.20. The first-order valence-corrected chi connectivity index (χ1v) is 5.88. The van der Waals surface area contributed by atoms with Gasteiger partial charge in [-0.15, -0.1) is 5.10 Å². The fraction of sp³-hybridized carbons (Fsp3) is 0.700. The van der Waals surface area contributed by atoms with Crippen LogP contribution in [0.3, 0.4) is 0 Å². The Bertz CT molecular complexity index is 510. The maximum absolute atomic E-state index is 11.4. The lowest BCUT2D eigenvalue weighted by Gasteiger charge is -2.37. The Morgan fingerprint density at radius 1 is 1.39 bits per heavy atom. The Labute approximate surface area is 104 Å². The van der Waals surface area contributed by atoms with Gasteiger partial charge in [0.25, 0.3) is 5.56 Å². The van der Waals surface area contributed by atoms with Crippen LogP contribution in [0.4, 0.5) is 5.82 Å². The molecule has 100 valence electrons. The van der Waals surface area contributed by atoms with Crippen LogP contribution in [0.15, 0.2) is 9.59 Å². The lowest BCUT2D eigenvalue weighted by atomic mass is 10.2. The molecule has 0 bridgehead atoms. The number of nitrogens with zero attached hydrogens (tertiary/aromatic N) is 3. The Kier molecular flexibility index (Phi) is 3.78. The number of aromatic nitrogens is 3. The average molecular weight is 254 g/mol. The molecule has 2 rings (SSSR count). The Hall–Kier alpha value is -1.67. The molecular formula is C10H18N6O2. The SMILES string of the molecule is CN1CCN(C)C(CNc2n[nH]c(=O)[nH]c2=O)C1. The summed E-state index contributed by atoms with van der Waals surface area (Å²) >= 11 is 0. The van der Waals surface area contributed by atoms with Gasteiger partial charge < -0.3 is 10.2 Å². The van der Waals surface area contributed by atoms with E-state index in [1.807, 2.05) is 0 Å². The number of anilines is 1. The van der Waals surface area contributed by atoms with Crippen LogP contribution in [0.5, 0.6) is 0 Å². The van der Waals surface area contributed by atoms with Gasteiger partial charge in [-0.05, 0) is 14.1 Å². The highest BCUT2D eigenvalue weighted by Gasteiger charge is 2.22. The molecule has 1 aromatic rings. The standard InChI is InChI=1S/C10H18N6O2/c1-15-3-4-16(2)7(6-15)5-11-8-9(17)12-10(18)14-13-8/h7H,3-6H2,1-2H3,(H,11,13)(H2,12,14,17,18). The van der Waals surface area contributed by atoms with Gasteiger partial charge in [0.15, 0.2) is 0 Å². The molecule has 0 radical (unpaired) electrons. The second-order valence-electron chi connectivity index (χ2n) is 4.63. The van der Waals surface area contributed by atoms with E-state index in [-0.39, 0.29) is 5.82 Å². The summed E-state index contributed by atoms with van der Waals surface area (Å²) in [6, 6.07) is 0.317. The maximum Gasteiger partial charge on any atom is 0.342 e. The third-order valence-corrected chi connectivity index (χ3v) is 3.20. The van der Waals surface area contributed by atoms with E-state index >= 15 is 0 Å².